The maximum absolute atomic E-state index is 11.5. The van der Waals surface area contributed by atoms with Crippen LogP contribution in [0.3, 0.4) is 0 Å². The monoisotopic (exact) mass is 218 g/mol. The molecule has 1 fully saturated rings. The lowest BCUT2D eigenvalue weighted by Crippen LogP contribution is -2.30. The van der Waals surface area contributed by atoms with Crippen LogP contribution in [0.15, 0.2) is 24.3 Å². The number of urea groups is 1. The molecule has 2 amide bonds. The largest absolute Gasteiger partial charge is 0.335 e. The van der Waals surface area contributed by atoms with Gasteiger partial charge in [0.1, 0.15) is 0 Å². The second kappa shape index (κ2) is 5.01. The van der Waals surface area contributed by atoms with Crippen LogP contribution in [0.2, 0.25) is 0 Å². The molecule has 1 aliphatic carbocycles. The van der Waals surface area contributed by atoms with Gasteiger partial charge < -0.3 is 10.6 Å². The third kappa shape index (κ3) is 3.26. The Hall–Kier alpha value is -1.51. The molecule has 1 saturated carbocycles. The predicted molar refractivity (Wildman–Crippen MR) is 65.6 cm³/mol. The van der Waals surface area contributed by atoms with E-state index in [4.69, 9.17) is 0 Å². The highest BCUT2D eigenvalue weighted by molar-refractivity contribution is 5.89. The zero-order chi connectivity index (χ0) is 11.4. The van der Waals surface area contributed by atoms with Gasteiger partial charge in [-0.3, -0.25) is 0 Å². The van der Waals surface area contributed by atoms with Gasteiger partial charge >= 0.3 is 6.03 Å². The van der Waals surface area contributed by atoms with E-state index >= 15 is 0 Å². The first-order valence-corrected chi connectivity index (χ1v) is 5.94. The van der Waals surface area contributed by atoms with Gasteiger partial charge in [0.25, 0.3) is 0 Å². The number of carbonyl (C=O) groups is 1. The first-order chi connectivity index (χ1) is 7.78. The molecule has 1 aromatic carbocycles. The summed E-state index contributed by atoms with van der Waals surface area (Å²) < 4.78 is 0. The van der Waals surface area contributed by atoms with Gasteiger partial charge in [0.15, 0.2) is 0 Å². The molecule has 0 saturated heterocycles. The van der Waals surface area contributed by atoms with Gasteiger partial charge in [-0.05, 0) is 37.0 Å². The third-order valence-corrected chi connectivity index (χ3v) is 2.66. The van der Waals surface area contributed by atoms with E-state index in [1.807, 2.05) is 12.1 Å². The van der Waals surface area contributed by atoms with Crippen LogP contribution in [0.5, 0.6) is 0 Å². The van der Waals surface area contributed by atoms with Crippen LogP contribution in [0.25, 0.3) is 0 Å². The van der Waals surface area contributed by atoms with Crippen molar-refractivity contribution in [1.82, 2.24) is 5.32 Å². The maximum atomic E-state index is 11.5. The Bertz CT molecular complexity index is 355. The highest BCUT2D eigenvalue weighted by Crippen LogP contribution is 2.19. The first kappa shape index (κ1) is 11.0. The fourth-order valence-corrected chi connectivity index (χ4v) is 1.62. The third-order valence-electron chi connectivity index (χ3n) is 2.66. The van der Waals surface area contributed by atoms with Crippen molar-refractivity contribution in [2.45, 2.75) is 38.6 Å². The second-order valence-electron chi connectivity index (χ2n) is 4.32. The Kier molecular flexibility index (Phi) is 3.44. The van der Waals surface area contributed by atoms with E-state index < -0.39 is 0 Å². The Morgan fingerprint density at radius 2 is 2.00 bits per heavy atom. The molecule has 0 atom stereocenters. The highest BCUT2D eigenvalue weighted by Gasteiger charge is 2.22. The van der Waals surface area contributed by atoms with Crippen LogP contribution in [0.1, 0.15) is 31.7 Å². The van der Waals surface area contributed by atoms with Crippen LogP contribution in [0, 0.1) is 0 Å². The number of nitrogens with one attached hydrogen (secondary N) is 2. The molecule has 0 aromatic heterocycles. The molecule has 0 bridgehead atoms. The molecule has 1 aliphatic rings. The Morgan fingerprint density at radius 1 is 1.31 bits per heavy atom. The molecule has 1 aromatic rings. The lowest BCUT2D eigenvalue weighted by atomic mass is 10.1. The number of carbonyl (C=O) groups excluding carboxylic acids is 1. The summed E-state index contributed by atoms with van der Waals surface area (Å²) >= 11 is 0. The van der Waals surface area contributed by atoms with Crippen molar-refractivity contribution < 1.29 is 4.79 Å². The minimum absolute atomic E-state index is 0.0919. The number of aryl methyl sites for hydroxylation is 1. The molecule has 16 heavy (non-hydrogen) atoms. The summed E-state index contributed by atoms with van der Waals surface area (Å²) in [5.41, 5.74) is 2.17. The molecule has 3 nitrogen and oxygen atoms in total. The number of rotatable bonds is 4. The van der Waals surface area contributed by atoms with E-state index in [0.717, 1.165) is 31.4 Å². The summed E-state index contributed by atoms with van der Waals surface area (Å²) in [4.78, 5) is 11.5. The summed E-state index contributed by atoms with van der Waals surface area (Å²) in [5, 5.41) is 5.72. The van der Waals surface area contributed by atoms with Crippen LogP contribution in [0.4, 0.5) is 10.5 Å². The van der Waals surface area contributed by atoms with Crippen LogP contribution in [-0.2, 0) is 6.42 Å². The predicted octanol–water partition coefficient (Wildman–Crippen LogP) is 2.92. The minimum Gasteiger partial charge on any atom is -0.335 e. The number of amides is 2. The fourth-order valence-electron chi connectivity index (χ4n) is 1.62. The zero-order valence-corrected chi connectivity index (χ0v) is 9.62. The minimum atomic E-state index is -0.0919. The average Bonchev–Trinajstić information content (AvgIpc) is 3.05. The van der Waals surface area contributed by atoms with Crippen LogP contribution in [-0.4, -0.2) is 12.1 Å². The number of benzene rings is 1. The van der Waals surface area contributed by atoms with E-state index in [9.17, 15) is 4.79 Å². The average molecular weight is 218 g/mol. The summed E-state index contributed by atoms with van der Waals surface area (Å²) in [5.74, 6) is 0. The molecule has 2 rings (SSSR count). The Balaban J connectivity index is 1.85. The molecule has 0 heterocycles. The Morgan fingerprint density at radius 3 is 2.56 bits per heavy atom. The van der Waals surface area contributed by atoms with Crippen molar-refractivity contribution in [1.29, 1.82) is 0 Å². The zero-order valence-electron chi connectivity index (χ0n) is 9.62. The molecule has 2 N–H and O–H groups in total. The molecule has 3 heteroatoms. The quantitative estimate of drug-likeness (QED) is 0.801. The lowest BCUT2D eigenvalue weighted by Gasteiger charge is -2.07. The van der Waals surface area contributed by atoms with Gasteiger partial charge in [0, 0.05) is 11.7 Å². The topological polar surface area (TPSA) is 41.1 Å². The SMILES string of the molecule is CCCc1ccc(NC(=O)NC2CC2)cc1. The van der Waals surface area contributed by atoms with Crippen LogP contribution >= 0.6 is 0 Å². The molecule has 0 aliphatic heterocycles. The summed E-state index contributed by atoms with van der Waals surface area (Å²) in [6.07, 6.45) is 4.47. The van der Waals surface area contributed by atoms with Crippen molar-refractivity contribution in [2.24, 2.45) is 0 Å². The fraction of sp³-hybridized carbons (Fsp3) is 0.462. The van der Waals surface area contributed by atoms with Crippen molar-refractivity contribution in [2.75, 3.05) is 5.32 Å². The van der Waals surface area contributed by atoms with Crippen molar-refractivity contribution in [3.05, 3.63) is 29.8 Å². The molecule has 0 unspecified atom stereocenters. The molecule has 0 radical (unpaired) electrons. The summed E-state index contributed by atoms with van der Waals surface area (Å²) in [6.45, 7) is 2.16. The number of anilines is 1. The van der Waals surface area contributed by atoms with E-state index in [2.05, 4.69) is 29.7 Å². The molecule has 86 valence electrons. The summed E-state index contributed by atoms with van der Waals surface area (Å²) in [7, 11) is 0. The first-order valence-electron chi connectivity index (χ1n) is 5.94. The van der Waals surface area contributed by atoms with Gasteiger partial charge in [-0.15, -0.1) is 0 Å². The normalized spacial score (nSPS) is 14.6. The van der Waals surface area contributed by atoms with Gasteiger partial charge in [-0.1, -0.05) is 25.5 Å². The Labute approximate surface area is 96.2 Å². The molecule has 0 spiro atoms. The van der Waals surface area contributed by atoms with E-state index in [-0.39, 0.29) is 6.03 Å². The lowest BCUT2D eigenvalue weighted by molar-refractivity contribution is 0.251. The van der Waals surface area contributed by atoms with Gasteiger partial charge in [-0.25, -0.2) is 4.79 Å². The van der Waals surface area contributed by atoms with Crippen molar-refractivity contribution in [3.8, 4) is 0 Å². The number of hydrogen-bond acceptors (Lipinski definition) is 1. The maximum Gasteiger partial charge on any atom is 0.319 e. The number of hydrogen-bond donors (Lipinski definition) is 2. The van der Waals surface area contributed by atoms with Crippen LogP contribution < -0.4 is 10.6 Å². The van der Waals surface area contributed by atoms with E-state index in [1.54, 1.807) is 0 Å². The van der Waals surface area contributed by atoms with E-state index in [0.29, 0.717) is 6.04 Å². The standard InChI is InChI=1S/C13H18N2O/c1-2-3-10-4-6-11(7-5-10)14-13(16)15-12-8-9-12/h4-7,12H,2-3,8-9H2,1H3,(H2,14,15,16). The highest BCUT2D eigenvalue weighted by atomic mass is 16.2. The molecular formula is C13H18N2O. The smallest absolute Gasteiger partial charge is 0.319 e. The van der Waals surface area contributed by atoms with Crippen molar-refractivity contribution >= 4 is 11.7 Å². The van der Waals surface area contributed by atoms with E-state index in [1.165, 1.54) is 5.56 Å². The molecular weight excluding hydrogens is 200 g/mol. The van der Waals surface area contributed by atoms with Gasteiger partial charge in [-0.2, -0.15) is 0 Å². The van der Waals surface area contributed by atoms with Gasteiger partial charge in [0.2, 0.25) is 0 Å². The summed E-state index contributed by atoms with van der Waals surface area (Å²) in [6, 6.07) is 8.35. The van der Waals surface area contributed by atoms with Gasteiger partial charge in [0.05, 0.1) is 0 Å². The van der Waals surface area contributed by atoms with Crippen molar-refractivity contribution in [3.63, 3.8) is 0 Å². The second-order valence-corrected chi connectivity index (χ2v) is 4.32.